The molecule has 23 heavy (non-hydrogen) atoms. The Bertz CT molecular complexity index is 713. The summed E-state index contributed by atoms with van der Waals surface area (Å²) >= 11 is 5.89. The van der Waals surface area contributed by atoms with Crippen molar-refractivity contribution in [3.05, 3.63) is 46.1 Å². The number of hydrogen-bond acceptors (Lipinski definition) is 2. The predicted molar refractivity (Wildman–Crippen MR) is 83.4 cm³/mol. The minimum absolute atomic E-state index is 0.0117. The molecule has 0 atom stereocenters. The summed E-state index contributed by atoms with van der Waals surface area (Å²) < 4.78 is 39.7. The van der Waals surface area contributed by atoms with Crippen LogP contribution in [0.4, 0.5) is 13.2 Å². The largest absolute Gasteiger partial charge is 0.417 e. The summed E-state index contributed by atoms with van der Waals surface area (Å²) in [6.45, 7) is 0. The molecule has 1 heterocycles. The molecule has 0 fully saturated rings. The number of fused-ring (bicyclic) bond motifs is 1. The third-order valence-corrected chi connectivity index (χ3v) is 4.37. The van der Waals surface area contributed by atoms with Gasteiger partial charge in [-0.3, -0.25) is 0 Å². The van der Waals surface area contributed by atoms with E-state index in [0.29, 0.717) is 0 Å². The highest BCUT2D eigenvalue weighted by Gasteiger charge is 2.34. The van der Waals surface area contributed by atoms with E-state index in [1.54, 1.807) is 6.07 Å². The lowest BCUT2D eigenvalue weighted by Gasteiger charge is -2.16. The topological polar surface area (TPSA) is 25.8 Å². The highest BCUT2D eigenvalue weighted by atomic mass is 35.5. The molecule has 0 aliphatic heterocycles. The molecule has 0 amide bonds. The van der Waals surface area contributed by atoms with Gasteiger partial charge in [0.05, 0.1) is 17.0 Å². The van der Waals surface area contributed by atoms with Crippen molar-refractivity contribution in [1.29, 1.82) is 0 Å². The summed E-state index contributed by atoms with van der Waals surface area (Å²) in [5.41, 5.74) is 1.40. The second-order valence-corrected chi connectivity index (χ2v) is 6.24. The molecule has 0 saturated carbocycles. The molecule has 1 aromatic carbocycles. The average molecular weight is 341 g/mol. The zero-order valence-electron chi connectivity index (χ0n) is 12.5. The van der Waals surface area contributed by atoms with Gasteiger partial charge in [0.15, 0.2) is 0 Å². The molecule has 1 aliphatic rings. The molecule has 122 valence electrons. The summed E-state index contributed by atoms with van der Waals surface area (Å²) in [6.07, 6.45) is 1.60. The van der Waals surface area contributed by atoms with Crippen LogP contribution in [0.3, 0.4) is 0 Å². The second kappa shape index (κ2) is 6.48. The molecule has 0 N–H and O–H groups in total. The van der Waals surface area contributed by atoms with Gasteiger partial charge < -0.3 is 0 Å². The number of halogens is 4. The molecule has 3 rings (SSSR count). The van der Waals surface area contributed by atoms with Crippen LogP contribution in [0.2, 0.25) is 5.02 Å². The lowest BCUT2D eigenvalue weighted by atomic mass is 9.95. The van der Waals surface area contributed by atoms with E-state index in [9.17, 15) is 13.2 Å². The Labute approximate surface area is 137 Å². The predicted octanol–water partition coefficient (Wildman–Crippen LogP) is 5.47. The third kappa shape index (κ3) is 3.66. The lowest BCUT2D eigenvalue weighted by molar-refractivity contribution is -0.137. The van der Waals surface area contributed by atoms with Crippen molar-refractivity contribution in [1.82, 2.24) is 10.2 Å². The first-order valence-corrected chi connectivity index (χ1v) is 8.05. The zero-order valence-corrected chi connectivity index (χ0v) is 13.2. The summed E-state index contributed by atoms with van der Waals surface area (Å²) in [6, 6.07) is 5.29. The van der Waals surface area contributed by atoms with Crippen molar-refractivity contribution < 1.29 is 13.2 Å². The molecule has 0 radical (unpaired) electrons. The van der Waals surface area contributed by atoms with Gasteiger partial charge in [-0.25, -0.2) is 0 Å². The van der Waals surface area contributed by atoms with Crippen LogP contribution in [0, 0.1) is 0 Å². The number of alkyl halides is 3. The van der Waals surface area contributed by atoms with Crippen molar-refractivity contribution in [3.8, 4) is 11.3 Å². The van der Waals surface area contributed by atoms with Gasteiger partial charge in [0, 0.05) is 10.6 Å². The van der Waals surface area contributed by atoms with E-state index >= 15 is 0 Å². The Balaban J connectivity index is 2.08. The SMILES string of the molecule is FC(F)(F)c1ccc(Cl)cc1-c1cc2c(nn1)CCCCCC2. The highest BCUT2D eigenvalue weighted by molar-refractivity contribution is 6.30. The van der Waals surface area contributed by atoms with Gasteiger partial charge in [-0.2, -0.15) is 23.4 Å². The summed E-state index contributed by atoms with van der Waals surface area (Å²) in [4.78, 5) is 0. The second-order valence-electron chi connectivity index (χ2n) is 5.80. The first-order chi connectivity index (χ1) is 10.9. The van der Waals surface area contributed by atoms with Gasteiger partial charge in [0.2, 0.25) is 0 Å². The van der Waals surface area contributed by atoms with Crippen LogP contribution in [-0.4, -0.2) is 10.2 Å². The van der Waals surface area contributed by atoms with Crippen LogP contribution in [0.1, 0.15) is 42.5 Å². The third-order valence-electron chi connectivity index (χ3n) is 4.13. The van der Waals surface area contributed by atoms with Gasteiger partial charge in [-0.15, -0.1) is 0 Å². The first kappa shape index (κ1) is 16.2. The van der Waals surface area contributed by atoms with Gasteiger partial charge in [0.25, 0.3) is 0 Å². The Morgan fingerprint density at radius 3 is 2.39 bits per heavy atom. The fourth-order valence-corrected chi connectivity index (χ4v) is 3.12. The molecule has 0 spiro atoms. The maximum atomic E-state index is 13.2. The number of rotatable bonds is 1. The monoisotopic (exact) mass is 340 g/mol. The van der Waals surface area contributed by atoms with E-state index in [0.717, 1.165) is 55.8 Å². The number of aryl methyl sites for hydroxylation is 2. The van der Waals surface area contributed by atoms with Gasteiger partial charge >= 0.3 is 6.18 Å². The first-order valence-electron chi connectivity index (χ1n) is 7.68. The van der Waals surface area contributed by atoms with Gasteiger partial charge in [0.1, 0.15) is 0 Å². The highest BCUT2D eigenvalue weighted by Crippen LogP contribution is 2.38. The van der Waals surface area contributed by atoms with Crippen LogP contribution in [0.5, 0.6) is 0 Å². The average Bonchev–Trinajstić information content (AvgIpc) is 2.46. The molecule has 1 aliphatic carbocycles. The molecular formula is C17H16ClF3N2. The van der Waals surface area contributed by atoms with Crippen molar-refractivity contribution in [2.24, 2.45) is 0 Å². The number of nitrogens with zero attached hydrogens (tertiary/aromatic N) is 2. The van der Waals surface area contributed by atoms with E-state index in [1.807, 2.05) is 0 Å². The smallest absolute Gasteiger partial charge is 0.166 e. The van der Waals surface area contributed by atoms with E-state index < -0.39 is 11.7 Å². The molecule has 0 bridgehead atoms. The Morgan fingerprint density at radius 1 is 0.913 bits per heavy atom. The zero-order chi connectivity index (χ0) is 16.4. The maximum Gasteiger partial charge on any atom is 0.417 e. The van der Waals surface area contributed by atoms with E-state index in [1.165, 1.54) is 12.1 Å². The maximum absolute atomic E-state index is 13.2. The van der Waals surface area contributed by atoms with Crippen molar-refractivity contribution in [2.45, 2.75) is 44.7 Å². The van der Waals surface area contributed by atoms with E-state index in [-0.39, 0.29) is 16.3 Å². The fourth-order valence-electron chi connectivity index (χ4n) is 2.95. The Hall–Kier alpha value is -1.62. The molecule has 2 aromatic rings. The van der Waals surface area contributed by atoms with Crippen LogP contribution in [0.25, 0.3) is 11.3 Å². The lowest BCUT2D eigenvalue weighted by Crippen LogP contribution is -2.09. The fraction of sp³-hybridized carbons (Fsp3) is 0.412. The molecular weight excluding hydrogens is 325 g/mol. The molecule has 6 heteroatoms. The standard InChI is InChI=1S/C17H16ClF3N2/c18-12-7-8-14(17(19,20)21)13(10-12)16-9-11-5-3-1-2-4-6-15(11)22-23-16/h7-10H,1-6H2. The van der Waals surface area contributed by atoms with Gasteiger partial charge in [-0.05, 0) is 55.5 Å². The van der Waals surface area contributed by atoms with E-state index in [4.69, 9.17) is 11.6 Å². The summed E-state index contributed by atoms with van der Waals surface area (Å²) in [5.74, 6) is 0. The van der Waals surface area contributed by atoms with Crippen molar-refractivity contribution in [2.75, 3.05) is 0 Å². The normalized spacial score (nSPS) is 15.7. The molecule has 0 unspecified atom stereocenters. The number of benzene rings is 1. The van der Waals surface area contributed by atoms with Crippen molar-refractivity contribution in [3.63, 3.8) is 0 Å². The Kier molecular flexibility index (Phi) is 4.57. The summed E-state index contributed by atoms with van der Waals surface area (Å²) in [5, 5.41) is 8.48. The van der Waals surface area contributed by atoms with Gasteiger partial charge in [-0.1, -0.05) is 24.4 Å². The minimum Gasteiger partial charge on any atom is -0.166 e. The van der Waals surface area contributed by atoms with E-state index in [2.05, 4.69) is 10.2 Å². The summed E-state index contributed by atoms with van der Waals surface area (Å²) in [7, 11) is 0. The van der Waals surface area contributed by atoms with Crippen molar-refractivity contribution >= 4 is 11.6 Å². The molecule has 1 aromatic heterocycles. The quantitative estimate of drug-likeness (QED) is 0.687. The van der Waals surface area contributed by atoms with Crippen LogP contribution in [0.15, 0.2) is 24.3 Å². The molecule has 2 nitrogen and oxygen atoms in total. The number of hydrogen-bond donors (Lipinski definition) is 0. The molecule has 0 saturated heterocycles. The Morgan fingerprint density at radius 2 is 1.65 bits per heavy atom. The van der Waals surface area contributed by atoms with Crippen LogP contribution < -0.4 is 0 Å². The van der Waals surface area contributed by atoms with Crippen LogP contribution >= 0.6 is 11.6 Å². The van der Waals surface area contributed by atoms with Crippen LogP contribution in [-0.2, 0) is 19.0 Å². The minimum atomic E-state index is -4.45. The number of aromatic nitrogens is 2.